The molecule has 1 aromatic heterocycles. The number of aryl methyl sites for hydroxylation is 1. The fourth-order valence-electron chi connectivity index (χ4n) is 1.88. The van der Waals surface area contributed by atoms with E-state index >= 15 is 0 Å². The number of non-ortho nitro benzene ring substituents is 1. The number of aromatic nitrogens is 1. The molecule has 0 saturated carbocycles. The van der Waals surface area contributed by atoms with E-state index in [2.05, 4.69) is 20.6 Å². The number of rotatable bonds is 6. The molecular weight excluding hydrogens is 314 g/mol. The Morgan fingerprint density at radius 2 is 2.09 bits per heavy atom. The number of nitro groups is 1. The van der Waals surface area contributed by atoms with Crippen LogP contribution in [-0.2, 0) is 13.1 Å². The molecule has 8 heteroatoms. The summed E-state index contributed by atoms with van der Waals surface area (Å²) in [6.07, 6.45) is 1.85. The molecule has 1 aromatic carbocycles. The number of hydrogen-bond acceptors (Lipinski definition) is 5. The van der Waals surface area contributed by atoms with Crippen molar-refractivity contribution in [3.05, 3.63) is 56.0 Å². The third-order valence-corrected chi connectivity index (χ3v) is 3.90. The smallest absolute Gasteiger partial charge is 0.269 e. The van der Waals surface area contributed by atoms with Gasteiger partial charge in [0.15, 0.2) is 5.96 Å². The zero-order chi connectivity index (χ0) is 16.7. The SMILES string of the molecule is CCNC(=NCc1ccc([N+](=O)[O-])cc1)NCc1ncc(C)s1. The Morgan fingerprint density at radius 3 is 2.65 bits per heavy atom. The highest BCUT2D eigenvalue weighted by molar-refractivity contribution is 7.11. The molecule has 2 aromatic rings. The fraction of sp³-hybridized carbons (Fsp3) is 0.333. The van der Waals surface area contributed by atoms with Crippen LogP contribution in [0.5, 0.6) is 0 Å². The first-order valence-corrected chi connectivity index (χ1v) is 8.07. The monoisotopic (exact) mass is 333 g/mol. The Labute approximate surface area is 138 Å². The second kappa shape index (κ2) is 8.23. The van der Waals surface area contributed by atoms with Crippen molar-refractivity contribution < 1.29 is 4.92 Å². The van der Waals surface area contributed by atoms with E-state index in [-0.39, 0.29) is 5.69 Å². The lowest BCUT2D eigenvalue weighted by atomic mass is 10.2. The van der Waals surface area contributed by atoms with Gasteiger partial charge in [-0.2, -0.15) is 0 Å². The van der Waals surface area contributed by atoms with Gasteiger partial charge in [0.25, 0.3) is 5.69 Å². The van der Waals surface area contributed by atoms with E-state index < -0.39 is 4.92 Å². The second-order valence-corrected chi connectivity index (χ2v) is 6.16. The maximum Gasteiger partial charge on any atom is 0.269 e. The van der Waals surface area contributed by atoms with E-state index in [0.717, 1.165) is 17.1 Å². The number of hydrogen-bond donors (Lipinski definition) is 2. The normalized spacial score (nSPS) is 11.3. The van der Waals surface area contributed by atoms with E-state index in [9.17, 15) is 10.1 Å². The zero-order valence-corrected chi connectivity index (χ0v) is 13.9. The summed E-state index contributed by atoms with van der Waals surface area (Å²) in [5, 5.41) is 18.0. The molecule has 0 amide bonds. The van der Waals surface area contributed by atoms with Gasteiger partial charge in [0.05, 0.1) is 18.0 Å². The number of nitrogens with zero attached hydrogens (tertiary/aromatic N) is 3. The number of thiazole rings is 1. The lowest BCUT2D eigenvalue weighted by Crippen LogP contribution is -2.36. The van der Waals surface area contributed by atoms with E-state index in [4.69, 9.17) is 0 Å². The number of aliphatic imine (C=N–C) groups is 1. The van der Waals surface area contributed by atoms with Crippen molar-refractivity contribution >= 4 is 23.0 Å². The van der Waals surface area contributed by atoms with Gasteiger partial charge in [-0.25, -0.2) is 9.98 Å². The van der Waals surface area contributed by atoms with Crippen molar-refractivity contribution in [2.24, 2.45) is 4.99 Å². The van der Waals surface area contributed by atoms with E-state index in [1.54, 1.807) is 23.5 Å². The van der Waals surface area contributed by atoms with Gasteiger partial charge >= 0.3 is 0 Å². The van der Waals surface area contributed by atoms with Crippen molar-refractivity contribution in [1.29, 1.82) is 0 Å². The van der Waals surface area contributed by atoms with Gasteiger partial charge in [0.1, 0.15) is 5.01 Å². The maximum absolute atomic E-state index is 10.6. The lowest BCUT2D eigenvalue weighted by molar-refractivity contribution is -0.384. The molecule has 0 fully saturated rings. The molecule has 0 aliphatic rings. The Bertz CT molecular complexity index is 681. The van der Waals surface area contributed by atoms with Crippen molar-refractivity contribution in [3.8, 4) is 0 Å². The summed E-state index contributed by atoms with van der Waals surface area (Å²) in [4.78, 5) is 20.2. The second-order valence-electron chi connectivity index (χ2n) is 4.84. The summed E-state index contributed by atoms with van der Waals surface area (Å²) in [7, 11) is 0. The van der Waals surface area contributed by atoms with Crippen LogP contribution >= 0.6 is 11.3 Å². The first kappa shape index (κ1) is 16.9. The van der Waals surface area contributed by atoms with Crippen LogP contribution in [-0.4, -0.2) is 22.4 Å². The summed E-state index contributed by atoms with van der Waals surface area (Å²) >= 11 is 1.65. The third kappa shape index (κ3) is 5.33. The average Bonchev–Trinajstić information content (AvgIpc) is 2.96. The van der Waals surface area contributed by atoms with Crippen LogP contribution in [0.1, 0.15) is 22.4 Å². The van der Waals surface area contributed by atoms with Crippen molar-refractivity contribution in [2.75, 3.05) is 6.54 Å². The minimum Gasteiger partial charge on any atom is -0.357 e. The molecule has 0 radical (unpaired) electrons. The molecule has 0 atom stereocenters. The van der Waals surface area contributed by atoms with Crippen molar-refractivity contribution in [1.82, 2.24) is 15.6 Å². The summed E-state index contributed by atoms with van der Waals surface area (Å²) in [5.74, 6) is 0.693. The number of nitro benzene ring substituents is 1. The topological polar surface area (TPSA) is 92.5 Å². The predicted octanol–water partition coefficient (Wildman–Crippen LogP) is 2.62. The van der Waals surface area contributed by atoms with Crippen LogP contribution in [0.25, 0.3) is 0 Å². The minimum absolute atomic E-state index is 0.0851. The molecule has 2 N–H and O–H groups in total. The van der Waals surface area contributed by atoms with Crippen LogP contribution in [0.4, 0.5) is 5.69 Å². The van der Waals surface area contributed by atoms with Crippen molar-refractivity contribution in [3.63, 3.8) is 0 Å². The Morgan fingerprint density at radius 1 is 1.35 bits per heavy atom. The highest BCUT2D eigenvalue weighted by atomic mass is 32.1. The minimum atomic E-state index is -0.408. The summed E-state index contributed by atoms with van der Waals surface area (Å²) in [5.41, 5.74) is 1.000. The average molecular weight is 333 g/mol. The highest BCUT2D eigenvalue weighted by Crippen LogP contribution is 2.13. The van der Waals surface area contributed by atoms with Gasteiger partial charge in [-0.05, 0) is 19.4 Å². The van der Waals surface area contributed by atoms with Gasteiger partial charge in [-0.15, -0.1) is 11.3 Å². The predicted molar refractivity (Wildman–Crippen MR) is 91.6 cm³/mol. The summed E-state index contributed by atoms with van der Waals surface area (Å²) < 4.78 is 0. The van der Waals surface area contributed by atoms with Gasteiger partial charge in [0, 0.05) is 29.8 Å². The van der Waals surface area contributed by atoms with Crippen LogP contribution in [0.15, 0.2) is 35.5 Å². The van der Waals surface area contributed by atoms with Crippen LogP contribution < -0.4 is 10.6 Å². The van der Waals surface area contributed by atoms with Crippen LogP contribution in [0.2, 0.25) is 0 Å². The molecule has 0 aliphatic heterocycles. The molecule has 0 unspecified atom stereocenters. The first-order valence-electron chi connectivity index (χ1n) is 7.25. The molecule has 0 aliphatic carbocycles. The van der Waals surface area contributed by atoms with E-state index in [0.29, 0.717) is 19.0 Å². The molecule has 2 rings (SSSR count). The first-order chi connectivity index (χ1) is 11.1. The van der Waals surface area contributed by atoms with Gasteiger partial charge < -0.3 is 10.6 Å². The highest BCUT2D eigenvalue weighted by Gasteiger charge is 2.04. The summed E-state index contributed by atoms with van der Waals surface area (Å²) in [6, 6.07) is 6.41. The molecular formula is C15H19N5O2S. The molecule has 7 nitrogen and oxygen atoms in total. The lowest BCUT2D eigenvalue weighted by Gasteiger charge is -2.10. The number of benzene rings is 1. The Kier molecular flexibility index (Phi) is 6.04. The van der Waals surface area contributed by atoms with Gasteiger partial charge in [-0.3, -0.25) is 10.1 Å². The van der Waals surface area contributed by atoms with Crippen LogP contribution in [0, 0.1) is 17.0 Å². The Balaban J connectivity index is 1.95. The van der Waals surface area contributed by atoms with Crippen molar-refractivity contribution in [2.45, 2.75) is 26.9 Å². The number of nitrogens with one attached hydrogen (secondary N) is 2. The van der Waals surface area contributed by atoms with Gasteiger partial charge in [0.2, 0.25) is 0 Å². The molecule has 0 bridgehead atoms. The molecule has 1 heterocycles. The standard InChI is InChI=1S/C15H19N5O2S/c1-3-16-15(19-10-14-17-8-11(2)23-14)18-9-12-4-6-13(7-5-12)20(21)22/h4-8H,3,9-10H2,1-2H3,(H2,16,18,19). The van der Waals surface area contributed by atoms with E-state index in [1.807, 2.05) is 20.0 Å². The molecule has 122 valence electrons. The summed E-state index contributed by atoms with van der Waals surface area (Å²) in [6.45, 7) is 5.84. The fourth-order valence-corrected chi connectivity index (χ4v) is 2.60. The zero-order valence-electron chi connectivity index (χ0n) is 13.1. The molecule has 23 heavy (non-hydrogen) atoms. The molecule has 0 saturated heterocycles. The number of guanidine groups is 1. The Hall–Kier alpha value is -2.48. The van der Waals surface area contributed by atoms with Gasteiger partial charge in [-0.1, -0.05) is 12.1 Å². The van der Waals surface area contributed by atoms with Crippen LogP contribution in [0.3, 0.4) is 0 Å². The maximum atomic E-state index is 10.6. The quantitative estimate of drug-likeness (QED) is 0.367. The largest absolute Gasteiger partial charge is 0.357 e. The third-order valence-electron chi connectivity index (χ3n) is 2.99. The molecule has 0 spiro atoms. The van der Waals surface area contributed by atoms with E-state index in [1.165, 1.54) is 17.0 Å².